The van der Waals surface area contributed by atoms with Gasteiger partial charge in [0.05, 0.1) is 29.4 Å². The fraction of sp³-hybridized carbons (Fsp3) is 0.444. The van der Waals surface area contributed by atoms with Crippen LogP contribution in [0.15, 0.2) is 24.4 Å². The summed E-state index contributed by atoms with van der Waals surface area (Å²) in [5, 5.41) is 7.25. The van der Waals surface area contributed by atoms with Crippen LogP contribution >= 0.6 is 11.6 Å². The minimum absolute atomic E-state index is 0.101. The average molecular weight is 384 g/mol. The van der Waals surface area contributed by atoms with Crippen LogP contribution in [0.3, 0.4) is 0 Å². The second-order valence-electron chi connectivity index (χ2n) is 6.64. The molecule has 26 heavy (non-hydrogen) atoms. The Bertz CT molecular complexity index is 808. The third kappa shape index (κ3) is 3.67. The molecule has 1 aromatic carbocycles. The summed E-state index contributed by atoms with van der Waals surface area (Å²) in [6.45, 7) is 4.51. The summed E-state index contributed by atoms with van der Waals surface area (Å²) < 4.78 is 33.8. The van der Waals surface area contributed by atoms with E-state index in [4.69, 9.17) is 16.3 Å². The molecule has 1 aliphatic heterocycles. The molecule has 5 nitrogen and oxygen atoms in total. The first-order valence-electron chi connectivity index (χ1n) is 8.44. The van der Waals surface area contributed by atoms with Crippen molar-refractivity contribution in [2.75, 3.05) is 6.61 Å². The van der Waals surface area contributed by atoms with Gasteiger partial charge in [-0.2, -0.15) is 5.10 Å². The van der Waals surface area contributed by atoms with E-state index >= 15 is 0 Å². The fourth-order valence-electron chi connectivity index (χ4n) is 3.06. The molecule has 2 heterocycles. The Hall–Kier alpha value is -2.15. The number of nitrogens with one attached hydrogen (secondary N) is 1. The minimum Gasteiger partial charge on any atom is -0.492 e. The number of hydrogen-bond acceptors (Lipinski definition) is 3. The molecule has 140 valence electrons. The van der Waals surface area contributed by atoms with Crippen LogP contribution in [0.2, 0.25) is 5.02 Å². The van der Waals surface area contributed by atoms with Gasteiger partial charge in [-0.3, -0.25) is 9.48 Å². The number of aromatic nitrogens is 2. The zero-order valence-corrected chi connectivity index (χ0v) is 15.3. The quantitative estimate of drug-likeness (QED) is 0.833. The monoisotopic (exact) mass is 383 g/mol. The van der Waals surface area contributed by atoms with Gasteiger partial charge in [0.1, 0.15) is 11.4 Å². The molecule has 1 aliphatic rings. The van der Waals surface area contributed by atoms with E-state index in [1.807, 2.05) is 19.9 Å². The number of carbonyl (C=O) groups excluding carboxylic acids is 1. The highest BCUT2D eigenvalue weighted by molar-refractivity contribution is 6.32. The molecule has 0 saturated carbocycles. The third-order valence-electron chi connectivity index (χ3n) is 4.20. The lowest BCUT2D eigenvalue weighted by molar-refractivity contribution is 0.0907. The van der Waals surface area contributed by atoms with Crippen molar-refractivity contribution in [2.24, 2.45) is 5.92 Å². The number of nitrogens with zero attached hydrogens (tertiary/aromatic N) is 2. The molecule has 1 amide bonds. The second-order valence-corrected chi connectivity index (χ2v) is 7.05. The van der Waals surface area contributed by atoms with E-state index < -0.39 is 12.3 Å². The van der Waals surface area contributed by atoms with E-state index in [2.05, 4.69) is 10.4 Å². The summed E-state index contributed by atoms with van der Waals surface area (Å²) in [7, 11) is 0. The molecule has 0 radical (unpaired) electrons. The van der Waals surface area contributed by atoms with Gasteiger partial charge < -0.3 is 10.1 Å². The lowest BCUT2D eigenvalue weighted by atomic mass is 10.00. The van der Waals surface area contributed by atoms with E-state index in [1.54, 1.807) is 12.1 Å². The van der Waals surface area contributed by atoms with Crippen molar-refractivity contribution < 1.29 is 18.3 Å². The Morgan fingerprint density at radius 2 is 2.23 bits per heavy atom. The van der Waals surface area contributed by atoms with E-state index in [0.717, 1.165) is 5.56 Å². The summed E-state index contributed by atoms with van der Waals surface area (Å²) in [5.74, 6) is 0.0799. The number of hydrogen-bond donors (Lipinski definition) is 1. The molecule has 3 rings (SSSR count). The van der Waals surface area contributed by atoms with E-state index in [0.29, 0.717) is 30.3 Å². The molecule has 0 spiro atoms. The maximum Gasteiger partial charge on any atom is 0.280 e. The topological polar surface area (TPSA) is 56.2 Å². The Balaban J connectivity index is 1.86. The predicted octanol–water partition coefficient (Wildman–Crippen LogP) is 4.38. The van der Waals surface area contributed by atoms with Gasteiger partial charge >= 0.3 is 0 Å². The molecule has 0 bridgehead atoms. The Morgan fingerprint density at radius 1 is 1.46 bits per heavy atom. The van der Waals surface area contributed by atoms with Crippen LogP contribution in [0.25, 0.3) is 0 Å². The lowest BCUT2D eigenvalue weighted by Crippen LogP contribution is -2.32. The Morgan fingerprint density at radius 3 is 2.92 bits per heavy atom. The SMILES string of the molecule is CC(C)Cn1ncc(C(=O)N[C@H]2CCOc3c(Cl)cccc32)c1C(F)F. The van der Waals surface area contributed by atoms with Crippen molar-refractivity contribution in [1.29, 1.82) is 0 Å². The van der Waals surface area contributed by atoms with Crippen molar-refractivity contribution in [3.63, 3.8) is 0 Å². The van der Waals surface area contributed by atoms with Gasteiger partial charge in [-0.25, -0.2) is 8.78 Å². The summed E-state index contributed by atoms with van der Waals surface area (Å²) in [6, 6.07) is 4.92. The Labute approximate surface area is 155 Å². The van der Waals surface area contributed by atoms with Crippen molar-refractivity contribution in [1.82, 2.24) is 15.1 Å². The summed E-state index contributed by atoms with van der Waals surface area (Å²) >= 11 is 6.13. The molecule has 1 N–H and O–H groups in total. The van der Waals surface area contributed by atoms with Crippen LogP contribution in [0.1, 0.15) is 54.4 Å². The number of carbonyl (C=O) groups is 1. The highest BCUT2D eigenvalue weighted by Crippen LogP contribution is 2.37. The van der Waals surface area contributed by atoms with Crippen LogP contribution < -0.4 is 10.1 Å². The maximum atomic E-state index is 13.5. The van der Waals surface area contributed by atoms with Crippen molar-refractivity contribution >= 4 is 17.5 Å². The molecular formula is C18H20ClF2N3O2. The first-order chi connectivity index (χ1) is 12.4. The third-order valence-corrected chi connectivity index (χ3v) is 4.50. The normalized spacial score (nSPS) is 16.5. The fourth-order valence-corrected chi connectivity index (χ4v) is 3.30. The molecule has 0 unspecified atom stereocenters. The molecule has 0 aliphatic carbocycles. The minimum atomic E-state index is -2.78. The number of para-hydroxylation sites is 1. The zero-order chi connectivity index (χ0) is 18.8. The Kier molecular flexibility index (Phi) is 5.46. The van der Waals surface area contributed by atoms with E-state index in [9.17, 15) is 13.6 Å². The highest BCUT2D eigenvalue weighted by Gasteiger charge is 2.29. The molecule has 0 saturated heterocycles. The molecular weight excluding hydrogens is 364 g/mol. The lowest BCUT2D eigenvalue weighted by Gasteiger charge is -2.27. The average Bonchev–Trinajstić information content (AvgIpc) is 2.99. The van der Waals surface area contributed by atoms with Gasteiger partial charge in [-0.15, -0.1) is 0 Å². The summed E-state index contributed by atoms with van der Waals surface area (Å²) in [5.41, 5.74) is 0.288. The van der Waals surface area contributed by atoms with Crippen LogP contribution in [-0.2, 0) is 6.54 Å². The number of benzene rings is 1. The van der Waals surface area contributed by atoms with Crippen LogP contribution in [-0.4, -0.2) is 22.3 Å². The molecule has 8 heteroatoms. The van der Waals surface area contributed by atoms with Crippen LogP contribution in [0.4, 0.5) is 8.78 Å². The maximum absolute atomic E-state index is 13.5. The predicted molar refractivity (Wildman–Crippen MR) is 93.8 cm³/mol. The summed E-state index contributed by atoms with van der Waals surface area (Å²) in [4.78, 5) is 12.7. The van der Waals surface area contributed by atoms with Gasteiger partial charge in [0.2, 0.25) is 0 Å². The van der Waals surface area contributed by atoms with Crippen molar-refractivity contribution in [3.05, 3.63) is 46.2 Å². The molecule has 1 atom stereocenters. The second kappa shape index (κ2) is 7.61. The number of amides is 1. The van der Waals surface area contributed by atoms with Crippen LogP contribution in [0.5, 0.6) is 5.75 Å². The van der Waals surface area contributed by atoms with Crippen molar-refractivity contribution in [3.8, 4) is 5.75 Å². The van der Waals surface area contributed by atoms with Gasteiger partial charge in [-0.05, 0) is 12.0 Å². The molecule has 1 aromatic heterocycles. The first-order valence-corrected chi connectivity index (χ1v) is 8.82. The largest absolute Gasteiger partial charge is 0.492 e. The summed E-state index contributed by atoms with van der Waals surface area (Å²) in [6.07, 6.45) is -1.05. The van der Waals surface area contributed by atoms with Gasteiger partial charge in [0.15, 0.2) is 0 Å². The molecule has 0 fully saturated rings. The number of alkyl halides is 2. The number of ether oxygens (including phenoxy) is 1. The van der Waals surface area contributed by atoms with Gasteiger partial charge in [0.25, 0.3) is 12.3 Å². The standard InChI is InChI=1S/C18H20ClF2N3O2/c1-10(2)9-24-15(17(20)21)12(8-22-24)18(25)23-14-6-7-26-16-11(14)4-3-5-13(16)19/h3-5,8,10,14,17H,6-7,9H2,1-2H3,(H,23,25)/t14-/m0/s1. The van der Waals surface area contributed by atoms with E-state index in [1.165, 1.54) is 10.9 Å². The van der Waals surface area contributed by atoms with Crippen LogP contribution in [0, 0.1) is 5.92 Å². The highest BCUT2D eigenvalue weighted by atomic mass is 35.5. The first kappa shape index (κ1) is 18.6. The molecule has 2 aromatic rings. The van der Waals surface area contributed by atoms with Crippen molar-refractivity contribution in [2.45, 2.75) is 39.3 Å². The number of fused-ring (bicyclic) bond motifs is 1. The zero-order valence-electron chi connectivity index (χ0n) is 14.5. The van der Waals surface area contributed by atoms with Gasteiger partial charge in [-0.1, -0.05) is 37.6 Å². The van der Waals surface area contributed by atoms with Gasteiger partial charge in [0, 0.05) is 18.5 Å². The number of rotatable bonds is 5. The number of halogens is 3. The smallest absolute Gasteiger partial charge is 0.280 e. The van der Waals surface area contributed by atoms with E-state index in [-0.39, 0.29) is 23.2 Å².